The maximum Gasteiger partial charge on any atom is 0.305 e. The number of carbonyl (C=O) groups is 2. The second kappa shape index (κ2) is 26.5. The predicted octanol–water partition coefficient (Wildman–Crippen LogP) is 8.94. The van der Waals surface area contributed by atoms with E-state index in [1.165, 1.54) is 83.5 Å². The molecule has 0 spiro atoms. The van der Waals surface area contributed by atoms with Gasteiger partial charge >= 0.3 is 11.9 Å². The van der Waals surface area contributed by atoms with Gasteiger partial charge < -0.3 is 14.6 Å². The molecule has 0 aliphatic rings. The molecule has 5 heteroatoms. The Hall–Kier alpha value is -1.10. The van der Waals surface area contributed by atoms with Crippen LogP contribution in [-0.4, -0.2) is 36.4 Å². The van der Waals surface area contributed by atoms with Crippen LogP contribution in [0.2, 0.25) is 0 Å². The summed E-state index contributed by atoms with van der Waals surface area (Å²) in [7, 11) is 0. The van der Waals surface area contributed by atoms with Gasteiger partial charge in [-0.15, -0.1) is 0 Å². The standard InChI is InChI=1S/C32H62O5/c1-5-29(4)23-19-15-12-13-17-21-25-32(35)37-27-30(33)26-36-31(34)24-20-16-11-9-7-6-8-10-14-18-22-28(2)3/h28-30,33H,5-27H2,1-4H3/t29?,30-/m1/s1. The van der Waals surface area contributed by atoms with Crippen LogP contribution in [0.3, 0.4) is 0 Å². The fourth-order valence-corrected chi connectivity index (χ4v) is 4.48. The summed E-state index contributed by atoms with van der Waals surface area (Å²) in [6, 6.07) is 0. The van der Waals surface area contributed by atoms with Crippen molar-refractivity contribution < 1.29 is 24.2 Å². The predicted molar refractivity (Wildman–Crippen MR) is 155 cm³/mol. The zero-order valence-corrected chi connectivity index (χ0v) is 25.1. The summed E-state index contributed by atoms with van der Waals surface area (Å²) in [6.45, 7) is 8.92. The Balaban J connectivity index is 3.45. The number of rotatable bonds is 27. The van der Waals surface area contributed by atoms with Crippen molar-refractivity contribution in [1.29, 1.82) is 0 Å². The first-order valence-electron chi connectivity index (χ1n) is 15.8. The molecule has 0 aromatic rings. The van der Waals surface area contributed by atoms with E-state index < -0.39 is 6.10 Å². The van der Waals surface area contributed by atoms with Gasteiger partial charge in [0.25, 0.3) is 0 Å². The first-order chi connectivity index (χ1) is 17.8. The molecule has 0 saturated carbocycles. The number of ether oxygens (including phenoxy) is 2. The Morgan fingerprint density at radius 2 is 0.919 bits per heavy atom. The van der Waals surface area contributed by atoms with Crippen LogP contribution in [0, 0.1) is 11.8 Å². The van der Waals surface area contributed by atoms with Gasteiger partial charge in [0.05, 0.1) is 0 Å². The Bertz CT molecular complexity index is 519. The van der Waals surface area contributed by atoms with Crippen LogP contribution in [0.15, 0.2) is 0 Å². The Labute approximate surface area is 229 Å². The molecule has 0 aliphatic carbocycles. The van der Waals surface area contributed by atoms with Crippen molar-refractivity contribution >= 4 is 11.9 Å². The fraction of sp³-hybridized carbons (Fsp3) is 0.938. The molecule has 0 heterocycles. The Morgan fingerprint density at radius 1 is 0.568 bits per heavy atom. The molecule has 37 heavy (non-hydrogen) atoms. The number of carbonyl (C=O) groups excluding carboxylic acids is 2. The quantitative estimate of drug-likeness (QED) is 0.0854. The molecule has 0 radical (unpaired) electrons. The highest BCUT2D eigenvalue weighted by atomic mass is 16.6. The summed E-state index contributed by atoms with van der Waals surface area (Å²) >= 11 is 0. The van der Waals surface area contributed by atoms with E-state index in [-0.39, 0.29) is 25.2 Å². The minimum atomic E-state index is -0.955. The number of aliphatic hydroxyl groups excluding tert-OH is 1. The van der Waals surface area contributed by atoms with Crippen molar-refractivity contribution in [2.75, 3.05) is 13.2 Å². The second-order valence-corrected chi connectivity index (χ2v) is 11.7. The number of aliphatic hydroxyl groups is 1. The molecule has 0 fully saturated rings. The van der Waals surface area contributed by atoms with E-state index in [9.17, 15) is 14.7 Å². The van der Waals surface area contributed by atoms with Gasteiger partial charge in [0, 0.05) is 12.8 Å². The highest BCUT2D eigenvalue weighted by molar-refractivity contribution is 5.69. The molecule has 0 saturated heterocycles. The van der Waals surface area contributed by atoms with Gasteiger partial charge in [-0.2, -0.15) is 0 Å². The lowest BCUT2D eigenvalue weighted by molar-refractivity contribution is -0.152. The van der Waals surface area contributed by atoms with Gasteiger partial charge in [-0.1, -0.05) is 137 Å². The maximum atomic E-state index is 11.9. The largest absolute Gasteiger partial charge is 0.463 e. The summed E-state index contributed by atoms with van der Waals surface area (Å²) in [6.07, 6.45) is 22.9. The van der Waals surface area contributed by atoms with Crippen molar-refractivity contribution in [3.63, 3.8) is 0 Å². The van der Waals surface area contributed by atoms with Crippen LogP contribution in [0.4, 0.5) is 0 Å². The van der Waals surface area contributed by atoms with E-state index in [1.54, 1.807) is 0 Å². The summed E-state index contributed by atoms with van der Waals surface area (Å²) in [5.74, 6) is 1.09. The lowest BCUT2D eigenvalue weighted by atomic mass is 10.00. The summed E-state index contributed by atoms with van der Waals surface area (Å²) < 4.78 is 10.3. The Kier molecular flexibility index (Phi) is 25.7. The average Bonchev–Trinajstić information content (AvgIpc) is 2.87. The van der Waals surface area contributed by atoms with Crippen LogP contribution in [0.5, 0.6) is 0 Å². The zero-order chi connectivity index (χ0) is 27.6. The van der Waals surface area contributed by atoms with Crippen LogP contribution < -0.4 is 0 Å². The molecule has 0 amide bonds. The van der Waals surface area contributed by atoms with E-state index in [4.69, 9.17) is 9.47 Å². The van der Waals surface area contributed by atoms with Crippen LogP contribution in [0.25, 0.3) is 0 Å². The van der Waals surface area contributed by atoms with Crippen molar-refractivity contribution in [2.45, 2.75) is 169 Å². The van der Waals surface area contributed by atoms with E-state index in [0.29, 0.717) is 12.8 Å². The van der Waals surface area contributed by atoms with Crippen molar-refractivity contribution in [1.82, 2.24) is 0 Å². The lowest BCUT2D eigenvalue weighted by Crippen LogP contribution is -2.25. The maximum absolute atomic E-state index is 11.9. The molecule has 1 unspecified atom stereocenters. The normalized spacial score (nSPS) is 13.0. The highest BCUT2D eigenvalue weighted by Gasteiger charge is 2.12. The van der Waals surface area contributed by atoms with Gasteiger partial charge in [0.15, 0.2) is 0 Å². The highest BCUT2D eigenvalue weighted by Crippen LogP contribution is 2.15. The third-order valence-corrected chi connectivity index (χ3v) is 7.31. The SMILES string of the molecule is CCC(C)CCCCCCCCC(=O)OC[C@H](O)COC(=O)CCCCCCCCCCCCC(C)C. The summed E-state index contributed by atoms with van der Waals surface area (Å²) in [5, 5.41) is 9.93. The van der Waals surface area contributed by atoms with Crippen LogP contribution >= 0.6 is 0 Å². The summed E-state index contributed by atoms with van der Waals surface area (Å²) in [4.78, 5) is 23.7. The third kappa shape index (κ3) is 27.7. The first kappa shape index (κ1) is 35.9. The smallest absolute Gasteiger partial charge is 0.305 e. The molecule has 1 N–H and O–H groups in total. The zero-order valence-electron chi connectivity index (χ0n) is 25.1. The van der Waals surface area contributed by atoms with Gasteiger partial charge in [0.2, 0.25) is 0 Å². The molecule has 5 nitrogen and oxygen atoms in total. The second-order valence-electron chi connectivity index (χ2n) is 11.7. The monoisotopic (exact) mass is 526 g/mol. The van der Waals surface area contributed by atoms with E-state index in [2.05, 4.69) is 27.7 Å². The number of hydrogen-bond donors (Lipinski definition) is 1. The van der Waals surface area contributed by atoms with Crippen molar-refractivity contribution in [3.8, 4) is 0 Å². The van der Waals surface area contributed by atoms with Crippen LogP contribution in [-0.2, 0) is 19.1 Å². The van der Waals surface area contributed by atoms with E-state index in [0.717, 1.165) is 50.4 Å². The molecule has 0 aliphatic heterocycles. The molecule has 0 aromatic carbocycles. The minimum absolute atomic E-state index is 0.111. The number of esters is 2. The molecule has 220 valence electrons. The number of hydrogen-bond acceptors (Lipinski definition) is 5. The molecular weight excluding hydrogens is 464 g/mol. The lowest BCUT2D eigenvalue weighted by Gasteiger charge is -2.12. The summed E-state index contributed by atoms with van der Waals surface area (Å²) in [5.41, 5.74) is 0. The Morgan fingerprint density at radius 3 is 1.30 bits per heavy atom. The average molecular weight is 527 g/mol. The number of unbranched alkanes of at least 4 members (excludes halogenated alkanes) is 14. The minimum Gasteiger partial charge on any atom is -0.463 e. The molecule has 0 aromatic heterocycles. The molecule has 0 rings (SSSR count). The molecule has 0 bridgehead atoms. The first-order valence-corrected chi connectivity index (χ1v) is 15.8. The van der Waals surface area contributed by atoms with Crippen molar-refractivity contribution in [3.05, 3.63) is 0 Å². The molecule has 2 atom stereocenters. The van der Waals surface area contributed by atoms with Gasteiger partial charge in [0.1, 0.15) is 19.3 Å². The van der Waals surface area contributed by atoms with Gasteiger partial charge in [-0.3, -0.25) is 9.59 Å². The van der Waals surface area contributed by atoms with E-state index in [1.807, 2.05) is 0 Å². The third-order valence-electron chi connectivity index (χ3n) is 7.31. The van der Waals surface area contributed by atoms with Gasteiger partial charge in [-0.05, 0) is 24.7 Å². The van der Waals surface area contributed by atoms with E-state index >= 15 is 0 Å². The van der Waals surface area contributed by atoms with Gasteiger partial charge in [-0.25, -0.2) is 0 Å². The topological polar surface area (TPSA) is 72.8 Å². The van der Waals surface area contributed by atoms with Crippen LogP contribution in [0.1, 0.15) is 163 Å². The van der Waals surface area contributed by atoms with Crippen molar-refractivity contribution in [2.24, 2.45) is 11.8 Å². The fourth-order valence-electron chi connectivity index (χ4n) is 4.48. The molecular formula is C32H62O5.